The van der Waals surface area contributed by atoms with Crippen LogP contribution >= 0.6 is 0 Å². The van der Waals surface area contributed by atoms with Gasteiger partial charge in [-0.25, -0.2) is 4.79 Å². The standard InChI is InChI=1S/C20H26N4O3/c1-14-13-15(2)24(20(27)22-14)12-8-18(25)23-10-6-16(7-11-23)19(26)17-5-3-4-9-21-17/h3-5,9,13,16,19,26H,6-8,10-12H2,1-2H3/t19-/m1/s1. The number of piperidine rings is 1. The van der Waals surface area contributed by atoms with Crippen molar-refractivity contribution in [3.05, 3.63) is 58.0 Å². The second-order valence-corrected chi connectivity index (χ2v) is 7.14. The van der Waals surface area contributed by atoms with Crippen molar-refractivity contribution in [2.75, 3.05) is 13.1 Å². The second kappa shape index (κ2) is 8.43. The number of pyridine rings is 1. The Bertz CT molecular complexity index is 842. The summed E-state index contributed by atoms with van der Waals surface area (Å²) in [5.74, 6) is 0.141. The second-order valence-electron chi connectivity index (χ2n) is 7.14. The fourth-order valence-electron chi connectivity index (χ4n) is 3.67. The average Bonchev–Trinajstić information content (AvgIpc) is 2.67. The van der Waals surface area contributed by atoms with Gasteiger partial charge in [-0.15, -0.1) is 0 Å². The topological polar surface area (TPSA) is 88.3 Å². The van der Waals surface area contributed by atoms with Gasteiger partial charge in [-0.1, -0.05) is 6.07 Å². The van der Waals surface area contributed by atoms with Gasteiger partial charge >= 0.3 is 5.69 Å². The Hall–Kier alpha value is -2.54. The van der Waals surface area contributed by atoms with E-state index in [1.165, 1.54) is 0 Å². The predicted molar refractivity (Wildman–Crippen MR) is 101 cm³/mol. The average molecular weight is 370 g/mol. The smallest absolute Gasteiger partial charge is 0.347 e. The van der Waals surface area contributed by atoms with Crippen LogP contribution in [0.25, 0.3) is 0 Å². The molecule has 1 fully saturated rings. The van der Waals surface area contributed by atoms with Gasteiger partial charge in [0.05, 0.1) is 11.8 Å². The maximum absolute atomic E-state index is 12.5. The maximum Gasteiger partial charge on any atom is 0.347 e. The molecule has 2 aromatic heterocycles. The number of nitrogens with zero attached hydrogens (tertiary/aromatic N) is 4. The number of aliphatic hydroxyl groups is 1. The number of amides is 1. The van der Waals surface area contributed by atoms with E-state index < -0.39 is 6.10 Å². The van der Waals surface area contributed by atoms with Crippen LogP contribution < -0.4 is 5.69 Å². The van der Waals surface area contributed by atoms with Crippen molar-refractivity contribution in [1.82, 2.24) is 19.4 Å². The highest BCUT2D eigenvalue weighted by Gasteiger charge is 2.28. The number of hydrogen-bond acceptors (Lipinski definition) is 5. The third-order valence-electron chi connectivity index (χ3n) is 5.23. The summed E-state index contributed by atoms with van der Waals surface area (Å²) in [6.07, 6.45) is 2.85. The summed E-state index contributed by atoms with van der Waals surface area (Å²) in [5.41, 5.74) is 1.88. The number of likely N-dealkylation sites (tertiary alicyclic amines) is 1. The lowest BCUT2D eigenvalue weighted by Crippen LogP contribution is -2.40. The Balaban J connectivity index is 1.52. The normalized spacial score (nSPS) is 16.3. The van der Waals surface area contributed by atoms with Crippen LogP contribution in [0.15, 0.2) is 35.3 Å². The minimum absolute atomic E-state index is 0.0349. The third kappa shape index (κ3) is 4.60. The van der Waals surface area contributed by atoms with Crippen LogP contribution in [-0.4, -0.2) is 43.5 Å². The number of hydrogen-bond donors (Lipinski definition) is 1. The fourth-order valence-corrected chi connectivity index (χ4v) is 3.67. The molecule has 0 radical (unpaired) electrons. The Morgan fingerprint density at radius 1 is 1.30 bits per heavy atom. The van der Waals surface area contributed by atoms with Crippen molar-refractivity contribution < 1.29 is 9.90 Å². The van der Waals surface area contributed by atoms with Gasteiger partial charge in [0.15, 0.2) is 0 Å². The molecule has 1 N–H and O–H groups in total. The van der Waals surface area contributed by atoms with E-state index in [-0.39, 0.29) is 23.9 Å². The molecule has 1 saturated heterocycles. The first-order chi connectivity index (χ1) is 13.0. The molecule has 1 aliphatic heterocycles. The minimum Gasteiger partial charge on any atom is -0.387 e. The van der Waals surface area contributed by atoms with E-state index in [0.29, 0.717) is 31.0 Å². The molecule has 0 unspecified atom stereocenters. The maximum atomic E-state index is 12.5. The molecule has 1 aliphatic rings. The number of aromatic nitrogens is 3. The molecule has 0 aliphatic carbocycles. The van der Waals surface area contributed by atoms with Crippen LogP contribution in [0.4, 0.5) is 0 Å². The number of aliphatic hydroxyl groups excluding tert-OH is 1. The molecule has 0 bridgehead atoms. The molecule has 1 atom stereocenters. The van der Waals surface area contributed by atoms with Crippen molar-refractivity contribution >= 4 is 5.91 Å². The lowest BCUT2D eigenvalue weighted by Gasteiger charge is -2.34. The van der Waals surface area contributed by atoms with Gasteiger partial charge in [-0.3, -0.25) is 14.3 Å². The molecule has 144 valence electrons. The van der Waals surface area contributed by atoms with Gasteiger partial charge in [-0.2, -0.15) is 4.98 Å². The van der Waals surface area contributed by atoms with Gasteiger partial charge < -0.3 is 10.0 Å². The molecule has 7 nitrogen and oxygen atoms in total. The van der Waals surface area contributed by atoms with Crippen molar-refractivity contribution in [2.24, 2.45) is 5.92 Å². The number of rotatable bonds is 5. The van der Waals surface area contributed by atoms with Crippen LogP contribution in [0.5, 0.6) is 0 Å². The fraction of sp³-hybridized carbons (Fsp3) is 0.500. The third-order valence-corrected chi connectivity index (χ3v) is 5.23. The first-order valence-corrected chi connectivity index (χ1v) is 9.37. The quantitative estimate of drug-likeness (QED) is 0.864. The predicted octanol–water partition coefficient (Wildman–Crippen LogP) is 1.62. The molecule has 7 heteroatoms. The zero-order valence-electron chi connectivity index (χ0n) is 15.8. The van der Waals surface area contributed by atoms with E-state index in [9.17, 15) is 14.7 Å². The molecule has 3 heterocycles. The summed E-state index contributed by atoms with van der Waals surface area (Å²) in [7, 11) is 0. The van der Waals surface area contributed by atoms with E-state index >= 15 is 0 Å². The Morgan fingerprint density at radius 2 is 2.04 bits per heavy atom. The van der Waals surface area contributed by atoms with E-state index in [1.54, 1.807) is 17.7 Å². The van der Waals surface area contributed by atoms with Gasteiger partial charge in [-0.05, 0) is 50.8 Å². The molecule has 0 saturated carbocycles. The lowest BCUT2D eigenvalue weighted by atomic mass is 9.89. The SMILES string of the molecule is Cc1cc(C)n(CCC(=O)N2CCC([C@@H](O)c3ccccn3)CC2)c(=O)n1. The van der Waals surface area contributed by atoms with Crippen LogP contribution in [0.3, 0.4) is 0 Å². The monoisotopic (exact) mass is 370 g/mol. The van der Waals surface area contributed by atoms with Crippen LogP contribution in [0.1, 0.15) is 42.4 Å². The Morgan fingerprint density at radius 3 is 2.67 bits per heavy atom. The van der Waals surface area contributed by atoms with Crippen LogP contribution in [0, 0.1) is 19.8 Å². The van der Waals surface area contributed by atoms with Crippen molar-refractivity contribution in [1.29, 1.82) is 0 Å². The zero-order valence-corrected chi connectivity index (χ0v) is 15.8. The molecule has 2 aromatic rings. The molecule has 1 amide bonds. The van der Waals surface area contributed by atoms with Crippen molar-refractivity contribution in [3.8, 4) is 0 Å². The largest absolute Gasteiger partial charge is 0.387 e. The highest BCUT2D eigenvalue weighted by Crippen LogP contribution is 2.29. The summed E-state index contributed by atoms with van der Waals surface area (Å²) in [6.45, 7) is 5.21. The number of carbonyl (C=O) groups is 1. The first kappa shape index (κ1) is 19.2. The Labute approximate surface area is 158 Å². The van der Waals surface area contributed by atoms with Crippen LogP contribution in [0.2, 0.25) is 0 Å². The van der Waals surface area contributed by atoms with E-state index in [1.807, 2.05) is 36.1 Å². The van der Waals surface area contributed by atoms with E-state index in [2.05, 4.69) is 9.97 Å². The van der Waals surface area contributed by atoms with Crippen LogP contribution in [-0.2, 0) is 11.3 Å². The number of carbonyl (C=O) groups excluding carboxylic acids is 1. The molecule has 27 heavy (non-hydrogen) atoms. The highest BCUT2D eigenvalue weighted by molar-refractivity contribution is 5.76. The molecular weight excluding hydrogens is 344 g/mol. The first-order valence-electron chi connectivity index (χ1n) is 9.37. The Kier molecular flexibility index (Phi) is 6.01. The molecular formula is C20H26N4O3. The van der Waals surface area contributed by atoms with Crippen molar-refractivity contribution in [3.63, 3.8) is 0 Å². The van der Waals surface area contributed by atoms with E-state index in [0.717, 1.165) is 18.5 Å². The lowest BCUT2D eigenvalue weighted by molar-refractivity contribution is -0.133. The summed E-state index contributed by atoms with van der Waals surface area (Å²) in [5, 5.41) is 10.5. The van der Waals surface area contributed by atoms with Gasteiger partial charge in [0.1, 0.15) is 0 Å². The minimum atomic E-state index is -0.594. The van der Waals surface area contributed by atoms with Gasteiger partial charge in [0, 0.05) is 43.6 Å². The molecule has 0 aromatic carbocycles. The molecule has 3 rings (SSSR count). The highest BCUT2D eigenvalue weighted by atomic mass is 16.3. The van der Waals surface area contributed by atoms with Gasteiger partial charge in [0.2, 0.25) is 5.91 Å². The zero-order chi connectivity index (χ0) is 19.4. The summed E-state index contributed by atoms with van der Waals surface area (Å²) in [6, 6.07) is 7.37. The summed E-state index contributed by atoms with van der Waals surface area (Å²) in [4.78, 5) is 34.5. The van der Waals surface area contributed by atoms with E-state index in [4.69, 9.17) is 0 Å². The molecule has 0 spiro atoms. The van der Waals surface area contributed by atoms with Gasteiger partial charge in [0.25, 0.3) is 0 Å². The summed E-state index contributed by atoms with van der Waals surface area (Å²) < 4.78 is 1.54. The number of aryl methyl sites for hydroxylation is 2. The summed E-state index contributed by atoms with van der Waals surface area (Å²) >= 11 is 0. The van der Waals surface area contributed by atoms with Crippen molar-refractivity contribution in [2.45, 2.75) is 45.8 Å².